The third-order valence-electron chi connectivity index (χ3n) is 4.76. The Hall–Kier alpha value is -2.62. The number of halogens is 1. The van der Waals surface area contributed by atoms with Crippen molar-refractivity contribution < 1.29 is 4.79 Å². The van der Waals surface area contributed by atoms with Crippen LogP contribution >= 0.6 is 11.6 Å². The molecular weight excluding hydrogens is 344 g/mol. The summed E-state index contributed by atoms with van der Waals surface area (Å²) < 4.78 is 0. The molecular formula is C22H19ClN2O. The summed E-state index contributed by atoms with van der Waals surface area (Å²) >= 11 is 6.31. The van der Waals surface area contributed by atoms with Crippen molar-refractivity contribution in [3.05, 3.63) is 101 Å². The summed E-state index contributed by atoms with van der Waals surface area (Å²) in [6, 6.07) is 25.7. The van der Waals surface area contributed by atoms with Crippen LogP contribution in [0, 0.1) is 0 Å². The number of benzene rings is 3. The van der Waals surface area contributed by atoms with Gasteiger partial charge in [0.15, 0.2) is 0 Å². The van der Waals surface area contributed by atoms with Crippen LogP contribution in [0.4, 0.5) is 5.69 Å². The summed E-state index contributed by atoms with van der Waals surface area (Å²) in [6.07, 6.45) is 0. The van der Waals surface area contributed by atoms with Crippen LogP contribution in [0.25, 0.3) is 0 Å². The molecule has 0 bridgehead atoms. The Bertz CT molecular complexity index is 942. The third kappa shape index (κ3) is 2.90. The number of hydrazine groups is 1. The highest BCUT2D eigenvalue weighted by Gasteiger charge is 2.40. The molecule has 0 spiro atoms. The van der Waals surface area contributed by atoms with Gasteiger partial charge < -0.3 is 0 Å². The van der Waals surface area contributed by atoms with Crippen LogP contribution in [0.2, 0.25) is 5.02 Å². The van der Waals surface area contributed by atoms with E-state index in [9.17, 15) is 4.79 Å². The Morgan fingerprint density at radius 1 is 0.923 bits per heavy atom. The van der Waals surface area contributed by atoms with Crippen molar-refractivity contribution >= 4 is 23.2 Å². The van der Waals surface area contributed by atoms with Gasteiger partial charge in [-0.3, -0.25) is 4.79 Å². The number of hydrogen-bond donors (Lipinski definition) is 0. The first-order valence-corrected chi connectivity index (χ1v) is 8.97. The fraction of sp³-hybridized carbons (Fsp3) is 0.136. The number of carbonyl (C=O) groups is 1. The van der Waals surface area contributed by atoms with Gasteiger partial charge in [0.1, 0.15) is 0 Å². The average Bonchev–Trinajstić information content (AvgIpc) is 2.96. The second-order valence-corrected chi connectivity index (χ2v) is 6.87. The highest BCUT2D eigenvalue weighted by Crippen LogP contribution is 2.41. The highest BCUT2D eigenvalue weighted by atomic mass is 35.5. The molecule has 1 aliphatic heterocycles. The van der Waals surface area contributed by atoms with Crippen molar-refractivity contribution in [1.82, 2.24) is 5.01 Å². The van der Waals surface area contributed by atoms with Gasteiger partial charge in [-0.1, -0.05) is 78.3 Å². The van der Waals surface area contributed by atoms with Crippen molar-refractivity contribution in [2.24, 2.45) is 0 Å². The maximum atomic E-state index is 13.3. The number of amides is 1. The van der Waals surface area contributed by atoms with Gasteiger partial charge in [-0.25, -0.2) is 10.0 Å². The Balaban J connectivity index is 1.71. The Labute approximate surface area is 158 Å². The van der Waals surface area contributed by atoms with E-state index in [4.69, 9.17) is 11.6 Å². The quantitative estimate of drug-likeness (QED) is 0.661. The summed E-state index contributed by atoms with van der Waals surface area (Å²) in [5, 5.41) is 4.42. The minimum atomic E-state index is -0.277. The molecule has 3 aromatic carbocycles. The zero-order valence-corrected chi connectivity index (χ0v) is 15.2. The maximum absolute atomic E-state index is 13.3. The van der Waals surface area contributed by atoms with Crippen molar-refractivity contribution in [2.45, 2.75) is 12.5 Å². The molecule has 0 saturated heterocycles. The van der Waals surface area contributed by atoms with E-state index < -0.39 is 0 Å². The smallest absolute Gasteiger partial charge is 0.253 e. The lowest BCUT2D eigenvalue weighted by molar-refractivity contribution is -0.121. The van der Waals surface area contributed by atoms with E-state index in [1.807, 2.05) is 90.9 Å². The van der Waals surface area contributed by atoms with Gasteiger partial charge in [-0.05, 0) is 28.8 Å². The molecule has 26 heavy (non-hydrogen) atoms. The fourth-order valence-corrected chi connectivity index (χ4v) is 3.76. The summed E-state index contributed by atoms with van der Waals surface area (Å²) in [7, 11) is 1.92. The van der Waals surface area contributed by atoms with Gasteiger partial charge in [0.25, 0.3) is 5.91 Å². The topological polar surface area (TPSA) is 23.6 Å². The van der Waals surface area contributed by atoms with E-state index in [1.165, 1.54) is 0 Å². The third-order valence-corrected chi connectivity index (χ3v) is 5.13. The largest absolute Gasteiger partial charge is 0.272 e. The number of para-hydroxylation sites is 1. The molecule has 1 atom stereocenters. The summed E-state index contributed by atoms with van der Waals surface area (Å²) in [4.78, 5) is 13.3. The minimum absolute atomic E-state index is 0.0620. The molecule has 0 radical (unpaired) electrons. The standard InChI is InChI=1S/C22H19ClN2O/c1-24(15-17-11-5-7-13-19(17)23)25-20-14-8-6-12-18(20)21(22(25)26)16-9-3-2-4-10-16/h2-14,21H,15H2,1H3. The van der Waals surface area contributed by atoms with E-state index in [0.29, 0.717) is 11.6 Å². The fourth-order valence-electron chi connectivity index (χ4n) is 3.56. The molecule has 4 rings (SSSR count). The summed E-state index contributed by atoms with van der Waals surface area (Å²) in [6.45, 7) is 0.557. The van der Waals surface area contributed by atoms with Crippen LogP contribution in [0.3, 0.4) is 0 Å². The zero-order valence-electron chi connectivity index (χ0n) is 14.5. The van der Waals surface area contributed by atoms with Gasteiger partial charge in [0.05, 0.1) is 11.6 Å². The van der Waals surface area contributed by atoms with E-state index in [-0.39, 0.29) is 11.8 Å². The van der Waals surface area contributed by atoms with Crippen LogP contribution in [0.15, 0.2) is 78.9 Å². The molecule has 1 aliphatic rings. The lowest BCUT2D eigenvalue weighted by Gasteiger charge is -2.29. The second kappa shape index (κ2) is 6.94. The predicted molar refractivity (Wildman–Crippen MR) is 105 cm³/mol. The van der Waals surface area contributed by atoms with Gasteiger partial charge in [-0.2, -0.15) is 0 Å². The van der Waals surface area contributed by atoms with E-state index in [2.05, 4.69) is 0 Å². The zero-order chi connectivity index (χ0) is 18.1. The van der Waals surface area contributed by atoms with Crippen molar-refractivity contribution in [3.63, 3.8) is 0 Å². The van der Waals surface area contributed by atoms with Crippen molar-refractivity contribution in [1.29, 1.82) is 0 Å². The van der Waals surface area contributed by atoms with Crippen LogP contribution in [-0.4, -0.2) is 18.0 Å². The number of rotatable bonds is 4. The average molecular weight is 363 g/mol. The van der Waals surface area contributed by atoms with Gasteiger partial charge in [-0.15, -0.1) is 0 Å². The first kappa shape index (κ1) is 16.8. The van der Waals surface area contributed by atoms with Crippen LogP contribution in [-0.2, 0) is 11.3 Å². The molecule has 4 heteroatoms. The number of hydrogen-bond acceptors (Lipinski definition) is 2. The number of fused-ring (bicyclic) bond motifs is 1. The van der Waals surface area contributed by atoms with Gasteiger partial charge >= 0.3 is 0 Å². The molecule has 1 amide bonds. The molecule has 0 N–H and O–H groups in total. The number of nitrogens with zero attached hydrogens (tertiary/aromatic N) is 2. The SMILES string of the molecule is CN(Cc1ccccc1Cl)N1C(=O)C(c2ccccc2)c2ccccc21. The summed E-state index contributed by atoms with van der Waals surface area (Å²) in [5.41, 5.74) is 3.97. The number of carbonyl (C=O) groups excluding carboxylic acids is 1. The molecule has 130 valence electrons. The maximum Gasteiger partial charge on any atom is 0.253 e. The van der Waals surface area contributed by atoms with Crippen LogP contribution in [0.5, 0.6) is 0 Å². The Morgan fingerprint density at radius 2 is 1.58 bits per heavy atom. The molecule has 0 aliphatic carbocycles. The predicted octanol–water partition coefficient (Wildman–Crippen LogP) is 4.87. The molecule has 0 aromatic heterocycles. The second-order valence-electron chi connectivity index (χ2n) is 6.46. The molecule has 0 fully saturated rings. The Morgan fingerprint density at radius 3 is 2.35 bits per heavy atom. The first-order valence-electron chi connectivity index (χ1n) is 8.59. The molecule has 1 heterocycles. The number of anilines is 1. The molecule has 1 unspecified atom stereocenters. The molecule has 0 saturated carbocycles. The van der Waals surface area contributed by atoms with Crippen LogP contribution < -0.4 is 5.01 Å². The molecule has 3 nitrogen and oxygen atoms in total. The summed E-state index contributed by atoms with van der Waals surface area (Å²) in [5.74, 6) is -0.215. The normalized spacial score (nSPS) is 16.2. The van der Waals surface area contributed by atoms with Gasteiger partial charge in [0.2, 0.25) is 0 Å². The Kier molecular flexibility index (Phi) is 4.49. The highest BCUT2D eigenvalue weighted by molar-refractivity contribution is 6.31. The van der Waals surface area contributed by atoms with Crippen LogP contribution in [0.1, 0.15) is 22.6 Å². The minimum Gasteiger partial charge on any atom is -0.272 e. The molecule has 3 aromatic rings. The van der Waals surface area contributed by atoms with Crippen molar-refractivity contribution in [2.75, 3.05) is 12.1 Å². The van der Waals surface area contributed by atoms with E-state index in [1.54, 1.807) is 5.01 Å². The lowest BCUT2D eigenvalue weighted by Crippen LogP contribution is -2.42. The lowest BCUT2D eigenvalue weighted by atomic mass is 9.93. The monoisotopic (exact) mass is 362 g/mol. The van der Waals surface area contributed by atoms with E-state index >= 15 is 0 Å². The van der Waals surface area contributed by atoms with Crippen molar-refractivity contribution in [3.8, 4) is 0 Å². The van der Waals surface area contributed by atoms with Gasteiger partial charge in [0, 0.05) is 18.6 Å². The van der Waals surface area contributed by atoms with E-state index in [0.717, 1.165) is 22.4 Å². The first-order chi connectivity index (χ1) is 12.7.